The van der Waals surface area contributed by atoms with Crippen molar-refractivity contribution in [3.63, 3.8) is 0 Å². The fourth-order valence-corrected chi connectivity index (χ4v) is 1.97. The van der Waals surface area contributed by atoms with Gasteiger partial charge in [0, 0.05) is 12.6 Å². The summed E-state index contributed by atoms with van der Waals surface area (Å²) in [5.74, 6) is -1.03. The van der Waals surface area contributed by atoms with Crippen LogP contribution in [0.5, 0.6) is 0 Å². The molecule has 138 valence electrons. The third-order valence-electron chi connectivity index (χ3n) is 3.05. The van der Waals surface area contributed by atoms with Gasteiger partial charge in [0.1, 0.15) is 0 Å². The summed E-state index contributed by atoms with van der Waals surface area (Å²) in [6.45, 7) is 5.69. The zero-order chi connectivity index (χ0) is 19.2. The van der Waals surface area contributed by atoms with Gasteiger partial charge in [-0.1, -0.05) is 31.5 Å². The Morgan fingerprint density at radius 1 is 1.28 bits per heavy atom. The molecule has 25 heavy (non-hydrogen) atoms. The zero-order valence-corrected chi connectivity index (χ0v) is 14.7. The van der Waals surface area contributed by atoms with E-state index < -0.39 is 34.7 Å². The highest BCUT2D eigenvalue weighted by molar-refractivity contribution is 6.31. The molecular weight excluding hydrogens is 359 g/mol. The van der Waals surface area contributed by atoms with Gasteiger partial charge in [0.2, 0.25) is 0 Å². The number of hydrogen-bond donors (Lipinski definition) is 1. The normalized spacial score (nSPS) is 13.1. The average molecular weight is 378 g/mol. The predicted octanol–water partition coefficient (Wildman–Crippen LogP) is 4.08. The van der Waals surface area contributed by atoms with Gasteiger partial charge in [-0.2, -0.15) is 13.2 Å². The molecule has 0 aliphatic rings. The van der Waals surface area contributed by atoms with Crippen LogP contribution >= 0.6 is 11.6 Å². The molecule has 0 fully saturated rings. The van der Waals surface area contributed by atoms with Gasteiger partial charge in [0.25, 0.3) is 5.91 Å². The summed E-state index contributed by atoms with van der Waals surface area (Å²) in [5.41, 5.74) is -0.864. The van der Waals surface area contributed by atoms with Crippen LogP contribution in [0.4, 0.5) is 13.2 Å². The maximum absolute atomic E-state index is 12.8. The van der Waals surface area contributed by atoms with Gasteiger partial charge in [-0.25, -0.2) is 4.79 Å². The second-order valence-corrected chi connectivity index (χ2v) is 6.20. The van der Waals surface area contributed by atoms with Gasteiger partial charge in [0.05, 0.1) is 10.6 Å². The highest BCUT2D eigenvalue weighted by Gasteiger charge is 2.33. The number of benzene rings is 1. The Morgan fingerprint density at radius 2 is 1.92 bits per heavy atom. The number of amides is 1. The van der Waals surface area contributed by atoms with E-state index in [9.17, 15) is 22.8 Å². The lowest BCUT2D eigenvalue weighted by molar-refractivity contribution is -0.150. The number of hydrogen-bond acceptors (Lipinski definition) is 3. The summed E-state index contributed by atoms with van der Waals surface area (Å²) in [6, 6.07) is 3.25. The lowest BCUT2D eigenvalue weighted by Crippen LogP contribution is -2.37. The number of alkyl halides is 3. The molecule has 0 aliphatic carbocycles. The van der Waals surface area contributed by atoms with Crippen LogP contribution in [0.25, 0.3) is 6.08 Å². The minimum Gasteiger partial charge on any atom is -0.449 e. The summed E-state index contributed by atoms with van der Waals surface area (Å²) in [5, 5.41) is 2.18. The van der Waals surface area contributed by atoms with Gasteiger partial charge in [-0.05, 0) is 36.6 Å². The van der Waals surface area contributed by atoms with Gasteiger partial charge in [-0.15, -0.1) is 0 Å². The molecule has 0 aromatic heterocycles. The van der Waals surface area contributed by atoms with Gasteiger partial charge in [0.15, 0.2) is 6.10 Å². The van der Waals surface area contributed by atoms with Crippen molar-refractivity contribution in [2.75, 3.05) is 6.54 Å². The van der Waals surface area contributed by atoms with Crippen molar-refractivity contribution in [2.45, 2.75) is 33.1 Å². The maximum Gasteiger partial charge on any atom is 0.417 e. The molecule has 0 radical (unpaired) electrons. The zero-order valence-electron chi connectivity index (χ0n) is 14.0. The molecule has 0 heterocycles. The third-order valence-corrected chi connectivity index (χ3v) is 3.38. The molecule has 0 spiro atoms. The van der Waals surface area contributed by atoms with Crippen LogP contribution < -0.4 is 5.32 Å². The molecular formula is C17H19ClF3NO3. The fraction of sp³-hybridized carbons (Fsp3) is 0.412. The molecule has 1 amide bonds. The van der Waals surface area contributed by atoms with Gasteiger partial charge < -0.3 is 10.1 Å². The van der Waals surface area contributed by atoms with Crippen molar-refractivity contribution < 1.29 is 27.5 Å². The summed E-state index contributed by atoms with van der Waals surface area (Å²) in [4.78, 5) is 23.4. The van der Waals surface area contributed by atoms with E-state index in [1.54, 1.807) is 0 Å². The molecule has 0 bridgehead atoms. The second-order valence-electron chi connectivity index (χ2n) is 5.79. The van der Waals surface area contributed by atoms with Crippen LogP contribution in [0, 0.1) is 5.92 Å². The third kappa shape index (κ3) is 7.17. The van der Waals surface area contributed by atoms with Gasteiger partial charge in [-0.3, -0.25) is 4.79 Å². The second kappa shape index (κ2) is 8.89. The van der Waals surface area contributed by atoms with Crippen LogP contribution in [-0.2, 0) is 20.5 Å². The molecule has 1 aromatic rings. The number of esters is 1. The lowest BCUT2D eigenvalue weighted by Gasteiger charge is -2.13. The van der Waals surface area contributed by atoms with Crippen LogP contribution in [0.3, 0.4) is 0 Å². The van der Waals surface area contributed by atoms with Crippen molar-refractivity contribution in [2.24, 2.45) is 5.92 Å². The van der Waals surface area contributed by atoms with E-state index in [-0.39, 0.29) is 11.5 Å². The highest BCUT2D eigenvalue weighted by Crippen LogP contribution is 2.35. The van der Waals surface area contributed by atoms with Crippen LogP contribution in [-0.4, -0.2) is 24.5 Å². The van der Waals surface area contributed by atoms with E-state index in [2.05, 4.69) is 5.32 Å². The maximum atomic E-state index is 12.8. The Bertz CT molecular complexity index is 657. The summed E-state index contributed by atoms with van der Waals surface area (Å²) in [6.07, 6.45) is -3.49. The lowest BCUT2D eigenvalue weighted by atomic mass is 10.1. The Balaban J connectivity index is 2.70. The summed E-state index contributed by atoms with van der Waals surface area (Å²) in [7, 11) is 0. The van der Waals surface area contributed by atoms with Crippen molar-refractivity contribution in [3.05, 3.63) is 40.4 Å². The number of carbonyl (C=O) groups is 2. The quantitative estimate of drug-likeness (QED) is 0.600. The average Bonchev–Trinajstić information content (AvgIpc) is 2.50. The highest BCUT2D eigenvalue weighted by atomic mass is 35.5. The molecule has 0 saturated carbocycles. The largest absolute Gasteiger partial charge is 0.449 e. The number of halogens is 4. The molecule has 1 rings (SSSR count). The SMILES string of the molecule is CC(C)CNC(=O)[C@H](C)OC(=O)/C=C/c1ccc(Cl)c(C(F)(F)F)c1. The van der Waals surface area contributed by atoms with E-state index in [4.69, 9.17) is 16.3 Å². The van der Waals surface area contributed by atoms with E-state index in [1.165, 1.54) is 13.0 Å². The number of nitrogens with one attached hydrogen (secondary N) is 1. The first-order valence-electron chi connectivity index (χ1n) is 7.54. The Labute approximate surface area is 149 Å². The van der Waals surface area contributed by atoms with Crippen LogP contribution in [0.2, 0.25) is 5.02 Å². The van der Waals surface area contributed by atoms with Crippen LogP contribution in [0.15, 0.2) is 24.3 Å². The van der Waals surface area contributed by atoms with Crippen molar-refractivity contribution in [1.29, 1.82) is 0 Å². The molecule has 1 atom stereocenters. The topological polar surface area (TPSA) is 55.4 Å². The standard InChI is InChI=1S/C17H19ClF3NO3/c1-10(2)9-22-16(24)11(3)25-15(23)7-5-12-4-6-14(18)13(8-12)17(19,20)21/h4-8,10-11H,9H2,1-3H3,(H,22,24)/b7-5+/t11-/m0/s1. The first-order valence-corrected chi connectivity index (χ1v) is 7.91. The van der Waals surface area contributed by atoms with Gasteiger partial charge >= 0.3 is 12.1 Å². The predicted molar refractivity (Wildman–Crippen MR) is 88.9 cm³/mol. The molecule has 0 aliphatic heterocycles. The molecule has 1 N–H and O–H groups in total. The monoisotopic (exact) mass is 377 g/mol. The number of rotatable bonds is 6. The fourth-order valence-electron chi connectivity index (χ4n) is 1.74. The minimum absolute atomic E-state index is 0.130. The smallest absolute Gasteiger partial charge is 0.417 e. The summed E-state index contributed by atoms with van der Waals surface area (Å²) < 4.78 is 43.2. The summed E-state index contributed by atoms with van der Waals surface area (Å²) >= 11 is 5.52. The number of ether oxygens (including phenoxy) is 1. The van der Waals surface area contributed by atoms with Crippen molar-refractivity contribution in [3.8, 4) is 0 Å². The van der Waals surface area contributed by atoms with E-state index >= 15 is 0 Å². The first-order chi connectivity index (χ1) is 11.5. The molecule has 8 heteroatoms. The van der Waals surface area contributed by atoms with Crippen molar-refractivity contribution in [1.82, 2.24) is 5.32 Å². The Morgan fingerprint density at radius 3 is 2.48 bits per heavy atom. The van der Waals surface area contributed by atoms with E-state index in [0.717, 1.165) is 24.3 Å². The van der Waals surface area contributed by atoms with E-state index in [1.807, 2.05) is 13.8 Å². The van der Waals surface area contributed by atoms with Crippen molar-refractivity contribution >= 4 is 29.6 Å². The first kappa shape index (κ1) is 21.0. The molecule has 1 aromatic carbocycles. The Hall–Kier alpha value is -2.02. The molecule has 4 nitrogen and oxygen atoms in total. The minimum atomic E-state index is -4.59. The molecule has 0 saturated heterocycles. The van der Waals surface area contributed by atoms with Crippen LogP contribution in [0.1, 0.15) is 31.9 Å². The molecule has 0 unspecified atom stereocenters. The Kier molecular flexibility index (Phi) is 7.48. The van der Waals surface area contributed by atoms with E-state index in [0.29, 0.717) is 6.54 Å². The number of carbonyl (C=O) groups excluding carboxylic acids is 2.